The van der Waals surface area contributed by atoms with Crippen LogP contribution in [0.25, 0.3) is 0 Å². The summed E-state index contributed by atoms with van der Waals surface area (Å²) in [4.78, 5) is 5.04. The van der Waals surface area contributed by atoms with Crippen molar-refractivity contribution in [2.75, 3.05) is 0 Å². The lowest BCUT2D eigenvalue weighted by Crippen LogP contribution is -2.05. The first-order valence-corrected chi connectivity index (χ1v) is 15.8. The quantitative estimate of drug-likeness (QED) is 0.140. The van der Waals surface area contributed by atoms with Crippen LogP contribution < -0.4 is 0 Å². The minimum absolute atomic E-state index is 0.501. The minimum Gasteiger partial charge on any atom is -0.332 e. The number of rotatable bonds is 23. The smallest absolute Gasteiger partial charge is 0.109 e. The van der Waals surface area contributed by atoms with E-state index in [2.05, 4.69) is 61.9 Å². The van der Waals surface area contributed by atoms with Gasteiger partial charge in [0, 0.05) is 18.7 Å². The van der Waals surface area contributed by atoms with E-state index < -0.39 is 0 Å². The molecule has 0 saturated carbocycles. The predicted molar refractivity (Wildman–Crippen MR) is 159 cm³/mol. The fourth-order valence-electron chi connectivity index (χ4n) is 5.37. The van der Waals surface area contributed by atoms with Crippen molar-refractivity contribution in [3.05, 3.63) is 53.6 Å². The molecule has 1 heterocycles. The SMILES string of the molecule is CCCCCCCCCCCCCCCCCCCc1nc(CCCc2ccccc2)cn1C(C)C. The molecule has 1 aromatic heterocycles. The van der Waals surface area contributed by atoms with Crippen LogP contribution in [0.4, 0.5) is 0 Å². The lowest BCUT2D eigenvalue weighted by molar-refractivity contribution is 0.521. The van der Waals surface area contributed by atoms with Gasteiger partial charge in [-0.15, -0.1) is 0 Å². The standard InChI is InChI=1S/C34H58N2/c1-4-5-6-7-8-9-10-11-12-13-14-15-16-17-18-19-23-29-34-35-33(30-36(34)31(2)3)28-24-27-32-25-21-20-22-26-32/h20-22,25-26,30-31H,4-19,23-24,27-29H2,1-3H3. The average Bonchev–Trinajstić information content (AvgIpc) is 3.30. The molecular formula is C34H58N2. The van der Waals surface area contributed by atoms with Crippen LogP contribution in [0, 0.1) is 0 Å². The van der Waals surface area contributed by atoms with Crippen LogP contribution in [-0.2, 0) is 19.3 Å². The maximum absolute atomic E-state index is 5.04. The molecule has 0 atom stereocenters. The molecule has 2 aromatic rings. The van der Waals surface area contributed by atoms with Gasteiger partial charge in [0.05, 0.1) is 5.69 Å². The number of aromatic nitrogens is 2. The number of hydrogen-bond donors (Lipinski definition) is 0. The monoisotopic (exact) mass is 494 g/mol. The fourth-order valence-corrected chi connectivity index (χ4v) is 5.37. The highest BCUT2D eigenvalue weighted by molar-refractivity contribution is 5.15. The molecule has 0 saturated heterocycles. The van der Waals surface area contributed by atoms with Gasteiger partial charge in [0.15, 0.2) is 0 Å². The first-order chi connectivity index (χ1) is 17.7. The van der Waals surface area contributed by atoms with Crippen molar-refractivity contribution < 1.29 is 0 Å². The molecule has 36 heavy (non-hydrogen) atoms. The number of aryl methyl sites for hydroxylation is 3. The zero-order valence-corrected chi connectivity index (χ0v) is 24.3. The topological polar surface area (TPSA) is 17.8 Å². The molecule has 2 heteroatoms. The highest BCUT2D eigenvalue weighted by Crippen LogP contribution is 2.18. The second kappa shape index (κ2) is 20.5. The Morgan fingerprint density at radius 3 is 1.58 bits per heavy atom. The van der Waals surface area contributed by atoms with Crippen LogP contribution in [-0.4, -0.2) is 9.55 Å². The van der Waals surface area contributed by atoms with E-state index in [1.165, 1.54) is 133 Å². The van der Waals surface area contributed by atoms with E-state index in [0.29, 0.717) is 6.04 Å². The predicted octanol–water partition coefficient (Wildman–Crippen LogP) is 10.8. The Hall–Kier alpha value is -1.57. The van der Waals surface area contributed by atoms with Crippen LogP contribution in [0.5, 0.6) is 0 Å². The summed E-state index contributed by atoms with van der Waals surface area (Å²) in [5, 5.41) is 0. The number of nitrogens with zero attached hydrogens (tertiary/aromatic N) is 2. The van der Waals surface area contributed by atoms with Crippen LogP contribution >= 0.6 is 0 Å². The van der Waals surface area contributed by atoms with E-state index in [0.717, 1.165) is 19.3 Å². The average molecular weight is 495 g/mol. The maximum Gasteiger partial charge on any atom is 0.109 e. The van der Waals surface area contributed by atoms with Gasteiger partial charge in [0.2, 0.25) is 0 Å². The minimum atomic E-state index is 0.501. The Morgan fingerprint density at radius 1 is 0.583 bits per heavy atom. The summed E-state index contributed by atoms with van der Waals surface area (Å²) in [6.07, 6.45) is 31.1. The van der Waals surface area contributed by atoms with Gasteiger partial charge >= 0.3 is 0 Å². The van der Waals surface area contributed by atoms with Gasteiger partial charge in [0.25, 0.3) is 0 Å². The Labute approximate surface area is 224 Å². The molecule has 1 aromatic carbocycles. The van der Waals surface area contributed by atoms with Crippen molar-refractivity contribution in [1.29, 1.82) is 0 Å². The largest absolute Gasteiger partial charge is 0.332 e. The Bertz CT molecular complexity index is 746. The van der Waals surface area contributed by atoms with Crippen LogP contribution in [0.1, 0.15) is 159 Å². The highest BCUT2D eigenvalue weighted by Gasteiger charge is 2.10. The molecule has 0 spiro atoms. The highest BCUT2D eigenvalue weighted by atomic mass is 15.1. The normalized spacial score (nSPS) is 11.6. The van der Waals surface area contributed by atoms with Crippen molar-refractivity contribution >= 4 is 0 Å². The molecule has 0 fully saturated rings. The summed E-state index contributed by atoms with van der Waals surface area (Å²) >= 11 is 0. The molecule has 0 aliphatic rings. The molecule has 0 unspecified atom stereocenters. The van der Waals surface area contributed by atoms with Gasteiger partial charge in [-0.3, -0.25) is 0 Å². The van der Waals surface area contributed by atoms with Gasteiger partial charge in [-0.1, -0.05) is 140 Å². The van der Waals surface area contributed by atoms with Gasteiger partial charge in [0.1, 0.15) is 5.82 Å². The number of benzene rings is 1. The van der Waals surface area contributed by atoms with Gasteiger partial charge in [-0.05, 0) is 45.1 Å². The summed E-state index contributed by atoms with van der Waals surface area (Å²) in [5.41, 5.74) is 2.71. The van der Waals surface area contributed by atoms with E-state index in [1.54, 1.807) is 0 Å². The summed E-state index contributed by atoms with van der Waals surface area (Å²) in [7, 11) is 0. The van der Waals surface area contributed by atoms with Crippen LogP contribution in [0.2, 0.25) is 0 Å². The van der Waals surface area contributed by atoms with Gasteiger partial charge < -0.3 is 4.57 Å². The van der Waals surface area contributed by atoms with E-state index in [-0.39, 0.29) is 0 Å². The van der Waals surface area contributed by atoms with Crippen molar-refractivity contribution in [2.24, 2.45) is 0 Å². The van der Waals surface area contributed by atoms with E-state index in [4.69, 9.17) is 4.98 Å². The van der Waals surface area contributed by atoms with Gasteiger partial charge in [-0.25, -0.2) is 4.98 Å². The van der Waals surface area contributed by atoms with Crippen LogP contribution in [0.15, 0.2) is 36.5 Å². The lowest BCUT2D eigenvalue weighted by atomic mass is 10.0. The van der Waals surface area contributed by atoms with Crippen molar-refractivity contribution in [3.8, 4) is 0 Å². The Morgan fingerprint density at radius 2 is 1.08 bits per heavy atom. The van der Waals surface area contributed by atoms with Gasteiger partial charge in [-0.2, -0.15) is 0 Å². The van der Waals surface area contributed by atoms with Crippen LogP contribution in [0.3, 0.4) is 0 Å². The zero-order chi connectivity index (χ0) is 25.7. The van der Waals surface area contributed by atoms with Crippen molar-refractivity contribution in [2.45, 2.75) is 162 Å². The Balaban J connectivity index is 1.46. The zero-order valence-electron chi connectivity index (χ0n) is 24.3. The molecule has 0 N–H and O–H groups in total. The fraction of sp³-hybridized carbons (Fsp3) is 0.735. The first-order valence-electron chi connectivity index (χ1n) is 15.8. The molecule has 0 bridgehead atoms. The van der Waals surface area contributed by atoms with E-state index >= 15 is 0 Å². The molecule has 2 rings (SSSR count). The maximum atomic E-state index is 5.04. The molecule has 2 nitrogen and oxygen atoms in total. The third kappa shape index (κ3) is 14.2. The third-order valence-electron chi connectivity index (χ3n) is 7.66. The summed E-state index contributed by atoms with van der Waals surface area (Å²) < 4.78 is 2.42. The molecule has 0 amide bonds. The van der Waals surface area contributed by atoms with E-state index in [9.17, 15) is 0 Å². The lowest BCUT2D eigenvalue weighted by Gasteiger charge is -2.11. The van der Waals surface area contributed by atoms with Crippen molar-refractivity contribution in [1.82, 2.24) is 9.55 Å². The Kier molecular flexibility index (Phi) is 17.4. The first kappa shape index (κ1) is 30.7. The number of unbranched alkanes of at least 4 members (excludes halogenated alkanes) is 16. The molecule has 204 valence electrons. The molecule has 0 aliphatic heterocycles. The summed E-state index contributed by atoms with van der Waals surface area (Å²) in [6, 6.07) is 11.3. The second-order valence-electron chi connectivity index (χ2n) is 11.4. The molecule has 0 radical (unpaired) electrons. The van der Waals surface area contributed by atoms with E-state index in [1.807, 2.05) is 0 Å². The summed E-state index contributed by atoms with van der Waals surface area (Å²) in [5.74, 6) is 1.31. The second-order valence-corrected chi connectivity index (χ2v) is 11.4. The third-order valence-corrected chi connectivity index (χ3v) is 7.66. The molecule has 0 aliphatic carbocycles. The summed E-state index contributed by atoms with van der Waals surface area (Å²) in [6.45, 7) is 6.87. The molecular weight excluding hydrogens is 436 g/mol. The van der Waals surface area contributed by atoms with Crippen molar-refractivity contribution in [3.63, 3.8) is 0 Å². The number of hydrogen-bond acceptors (Lipinski definition) is 1. The number of imidazole rings is 1.